The Balaban J connectivity index is 1.63. The van der Waals surface area contributed by atoms with E-state index in [2.05, 4.69) is 37.0 Å². The van der Waals surface area contributed by atoms with Crippen molar-refractivity contribution in [3.8, 4) is 11.8 Å². The van der Waals surface area contributed by atoms with E-state index in [0.717, 1.165) is 44.1 Å². The number of methoxy groups -OCH3 is 1. The zero-order chi connectivity index (χ0) is 35.1. The fraction of sp³-hybridized carbons (Fsp3) is 0.667. The predicted octanol–water partition coefficient (Wildman–Crippen LogP) is 7.57. The Labute approximate surface area is 294 Å². The molecule has 0 spiro atoms. The summed E-state index contributed by atoms with van der Waals surface area (Å²) in [5, 5.41) is 0. The lowest BCUT2D eigenvalue weighted by Gasteiger charge is -2.34. The average molecular weight is 701 g/mol. The summed E-state index contributed by atoms with van der Waals surface area (Å²) in [6, 6.07) is 6.73. The summed E-state index contributed by atoms with van der Waals surface area (Å²) in [5.41, 5.74) is 0.314. The summed E-state index contributed by atoms with van der Waals surface area (Å²) < 4.78 is 63.3. The number of ether oxygens (including phenoxy) is 5. The summed E-state index contributed by atoms with van der Waals surface area (Å²) in [6.07, 6.45) is 16.5. The Morgan fingerprint density at radius 3 is 2.39 bits per heavy atom. The summed E-state index contributed by atoms with van der Waals surface area (Å²) in [4.78, 5) is 11.7. The van der Waals surface area contributed by atoms with Crippen LogP contribution in [-0.2, 0) is 42.8 Å². The van der Waals surface area contributed by atoms with Crippen LogP contribution in [0.1, 0.15) is 103 Å². The van der Waals surface area contributed by atoms with Gasteiger partial charge in [0.15, 0.2) is 12.6 Å². The molecule has 3 fully saturated rings. The highest BCUT2D eigenvalue weighted by molar-refractivity contribution is 7.86. The van der Waals surface area contributed by atoms with Crippen molar-refractivity contribution in [2.24, 2.45) is 11.8 Å². The molecule has 2 aliphatic heterocycles. The Bertz CT molecular complexity index is 1380. The van der Waals surface area contributed by atoms with Gasteiger partial charge in [-0.05, 0) is 103 Å². The SMILES string of the molecule is CC#CCCC(C)(/C=C/[C@@H]1[C@@H](C/C=C\CCCC(=O)OC)[C@H](OS(=O)(=O)c2ccc(C)cc2)C[C@H]1OC1CCCCO1)OC1CCCCO1. The quantitative estimate of drug-likeness (QED) is 0.0535. The molecular weight excluding hydrogens is 644 g/mol. The maximum absolute atomic E-state index is 13.6. The van der Waals surface area contributed by atoms with Crippen LogP contribution in [0, 0.1) is 30.6 Å². The number of carbonyl (C=O) groups is 1. The molecule has 9 nitrogen and oxygen atoms in total. The zero-order valence-corrected chi connectivity index (χ0v) is 30.6. The van der Waals surface area contributed by atoms with Crippen LogP contribution in [0.5, 0.6) is 0 Å². The molecule has 4 rings (SSSR count). The van der Waals surface area contributed by atoms with Crippen LogP contribution < -0.4 is 0 Å². The number of carbonyl (C=O) groups excluding carboxylic acids is 1. The van der Waals surface area contributed by atoms with Crippen molar-refractivity contribution in [1.82, 2.24) is 0 Å². The van der Waals surface area contributed by atoms with Crippen LogP contribution >= 0.6 is 0 Å². The number of benzene rings is 1. The number of esters is 1. The molecule has 2 saturated heterocycles. The highest BCUT2D eigenvalue weighted by Gasteiger charge is 2.46. The van der Waals surface area contributed by atoms with E-state index in [1.165, 1.54) is 7.11 Å². The normalized spacial score (nSPS) is 27.5. The Hall–Kier alpha value is -2.52. The van der Waals surface area contributed by atoms with Crippen molar-refractivity contribution >= 4 is 16.1 Å². The maximum Gasteiger partial charge on any atom is 0.305 e. The van der Waals surface area contributed by atoms with Gasteiger partial charge in [-0.2, -0.15) is 8.42 Å². The Kier molecular flexibility index (Phi) is 15.8. The monoisotopic (exact) mass is 700 g/mol. The molecule has 1 saturated carbocycles. The van der Waals surface area contributed by atoms with Crippen LogP contribution in [0.2, 0.25) is 0 Å². The Morgan fingerprint density at radius 2 is 1.73 bits per heavy atom. The smallest absolute Gasteiger partial charge is 0.305 e. The second-order valence-corrected chi connectivity index (χ2v) is 15.1. The van der Waals surface area contributed by atoms with Gasteiger partial charge in [0, 0.05) is 38.4 Å². The van der Waals surface area contributed by atoms with Crippen molar-refractivity contribution in [1.29, 1.82) is 0 Å². The van der Waals surface area contributed by atoms with Gasteiger partial charge in [0.25, 0.3) is 10.1 Å². The van der Waals surface area contributed by atoms with Gasteiger partial charge in [-0.1, -0.05) is 42.0 Å². The highest BCUT2D eigenvalue weighted by atomic mass is 32.2. The second kappa shape index (κ2) is 19.8. The second-order valence-electron chi connectivity index (χ2n) is 13.5. The van der Waals surface area contributed by atoms with E-state index in [9.17, 15) is 13.2 Å². The first kappa shape index (κ1) is 39.3. The molecule has 2 heterocycles. The fourth-order valence-electron chi connectivity index (χ4n) is 6.73. The molecule has 0 amide bonds. The molecule has 10 heteroatoms. The first-order valence-corrected chi connectivity index (χ1v) is 19.4. The van der Waals surface area contributed by atoms with Gasteiger partial charge in [0.2, 0.25) is 0 Å². The standard InChI is InChI=1S/C39H56O9S/c1-5-6-13-25-39(3,47-38-19-12-15-28-45-38)26-24-33-32(16-9-7-8-10-17-36(40)43-4)35(29-34(33)46-37-18-11-14-27-44-37)48-49(41,42)31-22-20-30(2)21-23-31/h7,9,20-24,26,32-35,37-38H,8,10-19,25,27-29H2,1-4H3/b9-7-,26-24+/t32-,33-,34-,35-,37?,38?,39?/m1/s1. The minimum Gasteiger partial charge on any atom is -0.469 e. The summed E-state index contributed by atoms with van der Waals surface area (Å²) in [6.45, 7) is 7.15. The number of aryl methyl sites for hydroxylation is 1. The lowest BCUT2D eigenvalue weighted by molar-refractivity contribution is -0.208. The average Bonchev–Trinajstić information content (AvgIpc) is 3.40. The van der Waals surface area contributed by atoms with Crippen LogP contribution in [-0.4, -0.2) is 65.1 Å². The molecule has 3 aliphatic rings. The van der Waals surface area contributed by atoms with E-state index in [0.29, 0.717) is 58.2 Å². The van der Waals surface area contributed by atoms with E-state index in [-0.39, 0.29) is 41.4 Å². The van der Waals surface area contributed by atoms with Crippen molar-refractivity contribution < 1.29 is 41.1 Å². The molecule has 3 unspecified atom stereocenters. The zero-order valence-electron chi connectivity index (χ0n) is 29.8. The van der Waals surface area contributed by atoms with Crippen LogP contribution in [0.15, 0.2) is 53.5 Å². The maximum atomic E-state index is 13.6. The van der Waals surface area contributed by atoms with Crippen molar-refractivity contribution in [3.63, 3.8) is 0 Å². The molecular formula is C39H56O9S. The molecule has 0 N–H and O–H groups in total. The summed E-state index contributed by atoms with van der Waals surface area (Å²) in [7, 11) is -2.65. The van der Waals surface area contributed by atoms with Crippen molar-refractivity contribution in [3.05, 3.63) is 54.1 Å². The third kappa shape index (κ3) is 12.6. The first-order chi connectivity index (χ1) is 23.6. The number of hydrogen-bond donors (Lipinski definition) is 0. The lowest BCUT2D eigenvalue weighted by Crippen LogP contribution is -2.36. The van der Waals surface area contributed by atoms with Gasteiger partial charge in [-0.25, -0.2) is 0 Å². The third-order valence-corrected chi connectivity index (χ3v) is 10.9. The molecule has 1 aromatic carbocycles. The minimum absolute atomic E-state index is 0.132. The van der Waals surface area contributed by atoms with Crippen LogP contribution in [0.4, 0.5) is 0 Å². The summed E-state index contributed by atoms with van der Waals surface area (Å²) >= 11 is 0. The number of rotatable bonds is 17. The van der Waals surface area contributed by atoms with Crippen molar-refractivity contribution in [2.75, 3.05) is 20.3 Å². The molecule has 1 aliphatic carbocycles. The molecule has 49 heavy (non-hydrogen) atoms. The highest BCUT2D eigenvalue weighted by Crippen LogP contribution is 2.43. The van der Waals surface area contributed by atoms with E-state index < -0.39 is 21.8 Å². The van der Waals surface area contributed by atoms with E-state index in [1.54, 1.807) is 24.3 Å². The van der Waals surface area contributed by atoms with Gasteiger partial charge in [0.05, 0.1) is 29.8 Å². The Morgan fingerprint density at radius 1 is 1.02 bits per heavy atom. The molecule has 0 radical (unpaired) electrons. The van der Waals surface area contributed by atoms with Gasteiger partial charge in [-0.15, -0.1) is 11.8 Å². The fourth-order valence-corrected chi connectivity index (χ4v) is 7.85. The molecule has 1 aromatic rings. The number of hydrogen-bond acceptors (Lipinski definition) is 9. The molecule has 7 atom stereocenters. The van der Waals surface area contributed by atoms with Gasteiger partial charge >= 0.3 is 5.97 Å². The molecule has 0 aromatic heterocycles. The minimum atomic E-state index is -4.05. The summed E-state index contributed by atoms with van der Waals surface area (Å²) in [5.74, 6) is 5.53. The predicted molar refractivity (Wildman–Crippen MR) is 188 cm³/mol. The molecule has 0 bridgehead atoms. The van der Waals surface area contributed by atoms with E-state index in [1.807, 2.05) is 19.9 Å². The lowest BCUT2D eigenvalue weighted by atomic mass is 9.87. The van der Waals surface area contributed by atoms with Crippen LogP contribution in [0.25, 0.3) is 0 Å². The van der Waals surface area contributed by atoms with Gasteiger partial charge in [-0.3, -0.25) is 8.98 Å². The van der Waals surface area contributed by atoms with Gasteiger partial charge in [0.1, 0.15) is 0 Å². The van der Waals surface area contributed by atoms with E-state index in [4.69, 9.17) is 27.9 Å². The van der Waals surface area contributed by atoms with E-state index >= 15 is 0 Å². The number of allylic oxidation sites excluding steroid dienone is 2. The van der Waals surface area contributed by atoms with Gasteiger partial charge < -0.3 is 23.7 Å². The van der Waals surface area contributed by atoms with Crippen molar-refractivity contribution in [2.45, 2.75) is 140 Å². The number of unbranched alkanes of at least 4 members (excludes halogenated alkanes) is 1. The molecule has 272 valence electrons. The topological polar surface area (TPSA) is 107 Å². The largest absolute Gasteiger partial charge is 0.469 e. The van der Waals surface area contributed by atoms with Crippen LogP contribution in [0.3, 0.4) is 0 Å². The first-order valence-electron chi connectivity index (χ1n) is 18.0. The third-order valence-electron chi connectivity index (χ3n) is 9.58.